The third-order valence-electron chi connectivity index (χ3n) is 8.29. The average molecular weight is 480 g/mol. The SMILES string of the molecule is COc1cccc2c1OC(C)(C)[C@H]1CC3(CCN(C(=O)c4cccc5c4OCCO5)CC3)CO[C@H]21. The van der Waals surface area contributed by atoms with Gasteiger partial charge in [-0.15, -0.1) is 0 Å². The molecule has 186 valence electrons. The van der Waals surface area contributed by atoms with E-state index in [1.54, 1.807) is 7.11 Å². The molecule has 0 bridgehead atoms. The highest BCUT2D eigenvalue weighted by Gasteiger charge is 2.53. The molecule has 4 aliphatic rings. The molecule has 4 aliphatic heterocycles. The van der Waals surface area contributed by atoms with Crippen molar-refractivity contribution in [3.05, 3.63) is 47.5 Å². The second-order valence-electron chi connectivity index (χ2n) is 10.7. The van der Waals surface area contributed by atoms with Crippen molar-refractivity contribution in [3.8, 4) is 23.0 Å². The predicted octanol–water partition coefficient (Wildman–Crippen LogP) is 4.64. The number of benzene rings is 2. The van der Waals surface area contributed by atoms with Crippen molar-refractivity contribution in [3.63, 3.8) is 0 Å². The molecule has 7 heteroatoms. The maximum Gasteiger partial charge on any atom is 0.257 e. The summed E-state index contributed by atoms with van der Waals surface area (Å²) < 4.78 is 30.2. The highest BCUT2D eigenvalue weighted by Crippen LogP contribution is 2.57. The second kappa shape index (κ2) is 8.33. The molecule has 0 N–H and O–H groups in total. The summed E-state index contributed by atoms with van der Waals surface area (Å²) in [7, 11) is 1.67. The smallest absolute Gasteiger partial charge is 0.257 e. The number of carbonyl (C=O) groups excluding carboxylic acids is 1. The Bertz CT molecular complexity index is 1140. The molecule has 2 aromatic rings. The molecule has 0 saturated carbocycles. The second-order valence-corrected chi connectivity index (χ2v) is 10.7. The Morgan fingerprint density at radius 2 is 1.80 bits per heavy atom. The largest absolute Gasteiger partial charge is 0.493 e. The lowest BCUT2D eigenvalue weighted by Gasteiger charge is -2.54. The summed E-state index contributed by atoms with van der Waals surface area (Å²) in [6, 6.07) is 11.6. The molecule has 35 heavy (non-hydrogen) atoms. The van der Waals surface area contributed by atoms with Crippen LogP contribution in [0.25, 0.3) is 0 Å². The molecule has 0 aliphatic carbocycles. The Hall–Kier alpha value is -2.93. The minimum atomic E-state index is -0.382. The van der Waals surface area contributed by atoms with Gasteiger partial charge in [-0.25, -0.2) is 0 Å². The molecule has 1 amide bonds. The fourth-order valence-corrected chi connectivity index (χ4v) is 6.24. The molecule has 2 fully saturated rings. The van der Waals surface area contributed by atoms with Crippen LogP contribution in [0, 0.1) is 11.3 Å². The number of likely N-dealkylation sites (tertiary alicyclic amines) is 1. The molecule has 0 radical (unpaired) electrons. The van der Waals surface area contributed by atoms with Gasteiger partial charge in [0, 0.05) is 24.6 Å². The Kier molecular flexibility index (Phi) is 5.36. The van der Waals surface area contributed by atoms with Crippen LogP contribution in [0.2, 0.25) is 0 Å². The van der Waals surface area contributed by atoms with Gasteiger partial charge >= 0.3 is 0 Å². The monoisotopic (exact) mass is 479 g/mol. The maximum atomic E-state index is 13.4. The summed E-state index contributed by atoms with van der Waals surface area (Å²) in [4.78, 5) is 15.4. The van der Waals surface area contributed by atoms with Gasteiger partial charge in [-0.3, -0.25) is 4.79 Å². The van der Waals surface area contributed by atoms with Crippen molar-refractivity contribution >= 4 is 5.91 Å². The molecule has 0 aromatic heterocycles. The first-order chi connectivity index (χ1) is 16.9. The molecule has 2 saturated heterocycles. The van der Waals surface area contributed by atoms with Gasteiger partial charge in [0.05, 0.1) is 25.4 Å². The zero-order chi connectivity index (χ0) is 24.2. The van der Waals surface area contributed by atoms with E-state index in [-0.39, 0.29) is 28.9 Å². The molecule has 7 nitrogen and oxygen atoms in total. The summed E-state index contributed by atoms with van der Waals surface area (Å²) in [6.07, 6.45) is 2.83. The molecular weight excluding hydrogens is 446 g/mol. The van der Waals surface area contributed by atoms with E-state index in [1.165, 1.54) is 0 Å². The molecule has 0 unspecified atom stereocenters. The van der Waals surface area contributed by atoms with Gasteiger partial charge in [0.1, 0.15) is 18.8 Å². The number of amides is 1. The van der Waals surface area contributed by atoms with E-state index in [1.807, 2.05) is 35.2 Å². The number of nitrogens with zero attached hydrogens (tertiary/aromatic N) is 1. The summed E-state index contributed by atoms with van der Waals surface area (Å²) in [6.45, 7) is 7.39. The van der Waals surface area contributed by atoms with Crippen molar-refractivity contribution in [2.24, 2.45) is 11.3 Å². The van der Waals surface area contributed by atoms with Crippen LogP contribution in [0.15, 0.2) is 36.4 Å². The lowest BCUT2D eigenvalue weighted by molar-refractivity contribution is -0.173. The standard InChI is InChI=1S/C28H33NO6/c1-27(2)20-16-28(17-34-23(20)18-6-4-8-21(31-3)25(18)35-27)10-12-29(13-11-28)26(30)19-7-5-9-22-24(19)33-15-14-32-22/h4-9,20,23H,10-17H2,1-3H3/t20-,23+/m0/s1. The first-order valence-electron chi connectivity index (χ1n) is 12.6. The number of rotatable bonds is 2. The topological polar surface area (TPSA) is 66.5 Å². The number of hydrogen-bond donors (Lipinski definition) is 0. The normalized spacial score (nSPS) is 25.7. The molecular formula is C28H33NO6. The Morgan fingerprint density at radius 1 is 1.03 bits per heavy atom. The number of fused-ring (bicyclic) bond motifs is 4. The minimum absolute atomic E-state index is 0.0119. The lowest BCUT2D eigenvalue weighted by atomic mass is 9.64. The Balaban J connectivity index is 1.19. The fourth-order valence-electron chi connectivity index (χ4n) is 6.24. The first-order valence-corrected chi connectivity index (χ1v) is 12.6. The predicted molar refractivity (Wildman–Crippen MR) is 130 cm³/mol. The molecule has 1 spiro atoms. The van der Waals surface area contributed by atoms with Gasteiger partial charge in [0.25, 0.3) is 5.91 Å². The van der Waals surface area contributed by atoms with Crippen molar-refractivity contribution in [2.45, 2.75) is 44.8 Å². The Morgan fingerprint density at radius 3 is 2.60 bits per heavy atom. The van der Waals surface area contributed by atoms with Crippen LogP contribution in [-0.2, 0) is 4.74 Å². The molecule has 2 aromatic carbocycles. The van der Waals surface area contributed by atoms with Crippen LogP contribution in [-0.4, -0.2) is 56.4 Å². The van der Waals surface area contributed by atoms with Gasteiger partial charge in [-0.05, 0) is 56.7 Å². The third kappa shape index (κ3) is 3.71. The van der Waals surface area contributed by atoms with Crippen molar-refractivity contribution in [2.75, 3.05) is 40.0 Å². The summed E-state index contributed by atoms with van der Waals surface area (Å²) in [5.74, 6) is 3.02. The number of methoxy groups -OCH3 is 1. The number of para-hydroxylation sites is 2. The summed E-state index contributed by atoms with van der Waals surface area (Å²) in [5, 5.41) is 0. The summed E-state index contributed by atoms with van der Waals surface area (Å²) in [5.41, 5.74) is 1.33. The highest BCUT2D eigenvalue weighted by atomic mass is 16.6. The molecule has 6 rings (SSSR count). The quantitative estimate of drug-likeness (QED) is 0.625. The number of hydrogen-bond acceptors (Lipinski definition) is 6. The number of ether oxygens (including phenoxy) is 5. The van der Waals surface area contributed by atoms with Gasteiger partial charge in [0.2, 0.25) is 0 Å². The van der Waals surface area contributed by atoms with E-state index in [2.05, 4.69) is 19.9 Å². The van der Waals surface area contributed by atoms with Crippen molar-refractivity contribution in [1.29, 1.82) is 0 Å². The van der Waals surface area contributed by atoms with Crippen LogP contribution in [0.4, 0.5) is 0 Å². The zero-order valence-corrected chi connectivity index (χ0v) is 20.7. The van der Waals surface area contributed by atoms with Crippen LogP contribution in [0.3, 0.4) is 0 Å². The first kappa shape index (κ1) is 22.5. The Labute approximate surface area is 206 Å². The van der Waals surface area contributed by atoms with E-state index in [0.29, 0.717) is 50.0 Å². The van der Waals surface area contributed by atoms with Crippen LogP contribution < -0.4 is 18.9 Å². The van der Waals surface area contributed by atoms with Gasteiger partial charge in [-0.1, -0.05) is 18.2 Å². The number of piperidine rings is 1. The molecule has 4 heterocycles. The van der Waals surface area contributed by atoms with Crippen molar-refractivity contribution < 1.29 is 28.5 Å². The lowest BCUT2D eigenvalue weighted by Crippen LogP contribution is -2.54. The van der Waals surface area contributed by atoms with Gasteiger partial charge in [0.15, 0.2) is 23.0 Å². The van der Waals surface area contributed by atoms with Crippen molar-refractivity contribution in [1.82, 2.24) is 4.90 Å². The van der Waals surface area contributed by atoms with E-state index in [9.17, 15) is 4.79 Å². The van der Waals surface area contributed by atoms with E-state index in [0.717, 1.165) is 36.3 Å². The van der Waals surface area contributed by atoms with Crippen LogP contribution in [0.1, 0.15) is 55.1 Å². The van der Waals surface area contributed by atoms with Gasteiger partial charge < -0.3 is 28.6 Å². The van der Waals surface area contributed by atoms with Gasteiger partial charge in [-0.2, -0.15) is 0 Å². The van der Waals surface area contributed by atoms with Crippen LogP contribution in [0.5, 0.6) is 23.0 Å². The third-order valence-corrected chi connectivity index (χ3v) is 8.29. The average Bonchev–Trinajstić information content (AvgIpc) is 2.88. The van der Waals surface area contributed by atoms with Crippen LogP contribution >= 0.6 is 0 Å². The van der Waals surface area contributed by atoms with E-state index in [4.69, 9.17) is 23.7 Å². The van der Waals surface area contributed by atoms with E-state index >= 15 is 0 Å². The summed E-state index contributed by atoms with van der Waals surface area (Å²) >= 11 is 0. The van der Waals surface area contributed by atoms with E-state index < -0.39 is 0 Å². The molecule has 2 atom stereocenters. The number of carbonyl (C=O) groups is 1. The minimum Gasteiger partial charge on any atom is -0.493 e. The highest BCUT2D eigenvalue weighted by molar-refractivity contribution is 5.98. The zero-order valence-electron chi connectivity index (χ0n) is 20.7. The maximum absolute atomic E-state index is 13.4. The fraction of sp³-hybridized carbons (Fsp3) is 0.536.